The summed E-state index contributed by atoms with van der Waals surface area (Å²) >= 11 is 0. The summed E-state index contributed by atoms with van der Waals surface area (Å²) in [4.78, 5) is 0.363. The van der Waals surface area contributed by atoms with E-state index in [1.54, 1.807) is 18.2 Å². The minimum absolute atomic E-state index is 0.127. The van der Waals surface area contributed by atoms with Gasteiger partial charge in [0.15, 0.2) is 0 Å². The zero-order chi connectivity index (χ0) is 13.9. The minimum Gasteiger partial charge on any atom is -0.310 e. The highest BCUT2D eigenvalue weighted by atomic mass is 32.2. The maximum Gasteiger partial charge on any atom is 0.240 e. The molecule has 19 heavy (non-hydrogen) atoms. The summed E-state index contributed by atoms with van der Waals surface area (Å²) in [6.45, 7) is 4.82. The van der Waals surface area contributed by atoms with Gasteiger partial charge in [-0.05, 0) is 30.5 Å². The van der Waals surface area contributed by atoms with Crippen molar-refractivity contribution in [3.8, 4) is 0 Å². The van der Waals surface area contributed by atoms with Gasteiger partial charge in [-0.15, -0.1) is 0 Å². The summed E-state index contributed by atoms with van der Waals surface area (Å²) in [5.74, 6) is 0. The van der Waals surface area contributed by atoms with Crippen LogP contribution < -0.4 is 10.0 Å². The van der Waals surface area contributed by atoms with Crippen LogP contribution in [-0.2, 0) is 16.6 Å². The molecule has 5 heteroatoms. The molecule has 0 amide bonds. The molecule has 0 atom stereocenters. The average molecular weight is 282 g/mol. The minimum atomic E-state index is -3.36. The first-order chi connectivity index (χ1) is 8.97. The molecule has 1 saturated carbocycles. The van der Waals surface area contributed by atoms with E-state index < -0.39 is 10.0 Å². The molecule has 1 fully saturated rings. The van der Waals surface area contributed by atoms with Crippen molar-refractivity contribution >= 4 is 10.0 Å². The maximum absolute atomic E-state index is 12.2. The van der Waals surface area contributed by atoms with Gasteiger partial charge in [-0.25, -0.2) is 13.1 Å². The van der Waals surface area contributed by atoms with E-state index in [2.05, 4.69) is 23.9 Å². The first-order valence-electron chi connectivity index (χ1n) is 6.82. The molecule has 1 aromatic carbocycles. The van der Waals surface area contributed by atoms with Crippen LogP contribution in [0.3, 0.4) is 0 Å². The predicted molar refractivity (Wildman–Crippen MR) is 76.4 cm³/mol. The normalized spacial score (nSPS) is 16.6. The highest BCUT2D eigenvalue weighted by molar-refractivity contribution is 7.89. The lowest BCUT2D eigenvalue weighted by Gasteiger charge is -2.26. The number of hydrogen-bond acceptors (Lipinski definition) is 3. The Morgan fingerprint density at radius 1 is 1.32 bits per heavy atom. The highest BCUT2D eigenvalue weighted by Crippen LogP contribution is 2.21. The second-order valence-corrected chi connectivity index (χ2v) is 7.15. The van der Waals surface area contributed by atoms with E-state index >= 15 is 0 Å². The van der Waals surface area contributed by atoms with Crippen LogP contribution in [0.15, 0.2) is 29.2 Å². The molecule has 0 spiro atoms. The molecule has 0 saturated heterocycles. The molecule has 0 unspecified atom stereocenters. The molecule has 0 radical (unpaired) electrons. The molecule has 1 aliphatic carbocycles. The average Bonchev–Trinajstić information content (AvgIpc) is 2.32. The monoisotopic (exact) mass is 282 g/mol. The van der Waals surface area contributed by atoms with E-state index in [1.165, 1.54) is 0 Å². The number of rotatable bonds is 6. The van der Waals surface area contributed by atoms with Gasteiger partial charge in [0.2, 0.25) is 10.0 Å². The van der Waals surface area contributed by atoms with Gasteiger partial charge in [0, 0.05) is 18.6 Å². The van der Waals surface area contributed by atoms with Crippen molar-refractivity contribution in [1.82, 2.24) is 10.0 Å². The standard InChI is InChI=1S/C14H22N2O2S/c1-11(2)15-10-12-5-3-8-14(9-12)19(17,18)16-13-6-4-7-13/h3,5,8-9,11,13,15-16H,4,6-7,10H2,1-2H3. The molecular formula is C14H22N2O2S. The van der Waals surface area contributed by atoms with Crippen molar-refractivity contribution in [1.29, 1.82) is 0 Å². The third-order valence-corrected chi connectivity index (χ3v) is 4.87. The summed E-state index contributed by atoms with van der Waals surface area (Å²) < 4.78 is 27.1. The predicted octanol–water partition coefficient (Wildman–Crippen LogP) is 2.02. The summed E-state index contributed by atoms with van der Waals surface area (Å²) in [7, 11) is -3.36. The van der Waals surface area contributed by atoms with Crippen LogP contribution in [0.5, 0.6) is 0 Å². The van der Waals surface area contributed by atoms with Gasteiger partial charge in [-0.1, -0.05) is 32.4 Å². The van der Waals surface area contributed by atoms with E-state index in [0.29, 0.717) is 17.5 Å². The number of benzene rings is 1. The fraction of sp³-hybridized carbons (Fsp3) is 0.571. The molecule has 0 aromatic heterocycles. The van der Waals surface area contributed by atoms with Gasteiger partial charge < -0.3 is 5.32 Å². The molecule has 0 aliphatic heterocycles. The van der Waals surface area contributed by atoms with E-state index in [-0.39, 0.29) is 6.04 Å². The molecule has 2 N–H and O–H groups in total. The number of nitrogens with one attached hydrogen (secondary N) is 2. The van der Waals surface area contributed by atoms with Crippen LogP contribution in [0.4, 0.5) is 0 Å². The molecule has 4 nitrogen and oxygen atoms in total. The second-order valence-electron chi connectivity index (χ2n) is 5.43. The quantitative estimate of drug-likeness (QED) is 0.839. The molecule has 1 aromatic rings. The Labute approximate surface area is 115 Å². The van der Waals surface area contributed by atoms with Crippen LogP contribution in [0.25, 0.3) is 0 Å². The number of sulfonamides is 1. The number of hydrogen-bond donors (Lipinski definition) is 2. The van der Waals surface area contributed by atoms with Crippen LogP contribution >= 0.6 is 0 Å². The Morgan fingerprint density at radius 3 is 2.63 bits per heavy atom. The van der Waals surface area contributed by atoms with Crippen molar-refractivity contribution in [2.45, 2.75) is 56.6 Å². The van der Waals surface area contributed by atoms with E-state index in [1.807, 2.05) is 6.07 Å². The van der Waals surface area contributed by atoms with Gasteiger partial charge in [-0.2, -0.15) is 0 Å². The molecule has 1 aliphatic rings. The molecule has 0 bridgehead atoms. The Kier molecular flexibility index (Phi) is 4.60. The summed E-state index contributed by atoms with van der Waals surface area (Å²) in [5.41, 5.74) is 0.991. The highest BCUT2D eigenvalue weighted by Gasteiger charge is 2.24. The van der Waals surface area contributed by atoms with Gasteiger partial charge >= 0.3 is 0 Å². The van der Waals surface area contributed by atoms with Gasteiger partial charge in [-0.3, -0.25) is 0 Å². The first-order valence-corrected chi connectivity index (χ1v) is 8.30. The van der Waals surface area contributed by atoms with Gasteiger partial charge in [0.1, 0.15) is 0 Å². The Balaban J connectivity index is 2.08. The molecule has 0 heterocycles. The lowest BCUT2D eigenvalue weighted by Crippen LogP contribution is -2.39. The second kappa shape index (κ2) is 6.03. The fourth-order valence-electron chi connectivity index (χ4n) is 1.96. The van der Waals surface area contributed by atoms with Crippen molar-refractivity contribution in [2.24, 2.45) is 0 Å². The third kappa shape index (κ3) is 4.03. The SMILES string of the molecule is CC(C)NCc1cccc(S(=O)(=O)NC2CCC2)c1. The summed E-state index contributed by atoms with van der Waals surface area (Å²) in [6.07, 6.45) is 3.02. The fourth-order valence-corrected chi connectivity index (χ4v) is 3.33. The van der Waals surface area contributed by atoms with Crippen LogP contribution in [-0.4, -0.2) is 20.5 Å². The van der Waals surface area contributed by atoms with Crippen molar-refractivity contribution in [2.75, 3.05) is 0 Å². The van der Waals surface area contributed by atoms with Crippen LogP contribution in [0, 0.1) is 0 Å². The first kappa shape index (κ1) is 14.5. The lowest BCUT2D eigenvalue weighted by atomic mass is 9.94. The van der Waals surface area contributed by atoms with Crippen LogP contribution in [0.2, 0.25) is 0 Å². The Hall–Kier alpha value is -0.910. The molecular weight excluding hydrogens is 260 g/mol. The summed E-state index contributed by atoms with van der Waals surface area (Å²) in [5, 5.41) is 3.29. The van der Waals surface area contributed by atoms with E-state index in [9.17, 15) is 8.42 Å². The lowest BCUT2D eigenvalue weighted by molar-refractivity contribution is 0.383. The van der Waals surface area contributed by atoms with Crippen molar-refractivity contribution in [3.63, 3.8) is 0 Å². The Bertz CT molecular complexity index is 522. The summed E-state index contributed by atoms with van der Waals surface area (Å²) in [6, 6.07) is 7.65. The van der Waals surface area contributed by atoms with Crippen molar-refractivity contribution < 1.29 is 8.42 Å². The maximum atomic E-state index is 12.2. The zero-order valence-electron chi connectivity index (χ0n) is 11.5. The molecule has 106 valence electrons. The third-order valence-electron chi connectivity index (χ3n) is 3.35. The van der Waals surface area contributed by atoms with Crippen LogP contribution in [0.1, 0.15) is 38.7 Å². The van der Waals surface area contributed by atoms with Gasteiger partial charge in [0.25, 0.3) is 0 Å². The topological polar surface area (TPSA) is 58.2 Å². The smallest absolute Gasteiger partial charge is 0.240 e. The largest absolute Gasteiger partial charge is 0.310 e. The molecule has 2 rings (SSSR count). The Morgan fingerprint density at radius 2 is 2.05 bits per heavy atom. The van der Waals surface area contributed by atoms with E-state index in [0.717, 1.165) is 24.8 Å². The zero-order valence-corrected chi connectivity index (χ0v) is 12.3. The van der Waals surface area contributed by atoms with E-state index in [4.69, 9.17) is 0 Å². The van der Waals surface area contributed by atoms with Crippen molar-refractivity contribution in [3.05, 3.63) is 29.8 Å². The van der Waals surface area contributed by atoms with Gasteiger partial charge in [0.05, 0.1) is 4.90 Å².